The number of aryl methyl sites for hydroxylation is 1. The number of anilines is 1. The van der Waals surface area contributed by atoms with E-state index in [1.807, 2.05) is 24.3 Å². The Labute approximate surface area is 116 Å². The molecule has 0 radical (unpaired) electrons. The molecule has 3 nitrogen and oxygen atoms in total. The van der Waals surface area contributed by atoms with E-state index in [1.165, 1.54) is 11.6 Å². The molecular weight excluding hydrogens is 257 g/mol. The van der Waals surface area contributed by atoms with Crippen LogP contribution >= 0.6 is 0 Å². The van der Waals surface area contributed by atoms with Crippen molar-refractivity contribution in [3.05, 3.63) is 53.3 Å². The Morgan fingerprint density at radius 1 is 1.05 bits per heavy atom. The van der Waals surface area contributed by atoms with Gasteiger partial charge in [-0.1, -0.05) is 6.07 Å². The van der Waals surface area contributed by atoms with Crippen LogP contribution < -0.4 is 14.8 Å². The first kappa shape index (κ1) is 11.6. The molecule has 0 spiro atoms. The molecule has 1 unspecified atom stereocenters. The fourth-order valence-corrected chi connectivity index (χ4v) is 2.92. The fraction of sp³-hybridized carbons (Fsp3) is 0.250. The Morgan fingerprint density at radius 2 is 1.95 bits per heavy atom. The Balaban J connectivity index is 1.59. The summed E-state index contributed by atoms with van der Waals surface area (Å²) < 4.78 is 23.9. The summed E-state index contributed by atoms with van der Waals surface area (Å²) >= 11 is 0. The van der Waals surface area contributed by atoms with Gasteiger partial charge in [-0.05, 0) is 48.2 Å². The largest absolute Gasteiger partial charge is 0.454 e. The van der Waals surface area contributed by atoms with Gasteiger partial charge in [-0.2, -0.15) is 0 Å². The number of fused-ring (bicyclic) bond motifs is 2. The maximum absolute atomic E-state index is 13.2. The van der Waals surface area contributed by atoms with Crippen molar-refractivity contribution in [3.63, 3.8) is 0 Å². The summed E-state index contributed by atoms with van der Waals surface area (Å²) in [5.41, 5.74) is 3.28. The van der Waals surface area contributed by atoms with E-state index in [9.17, 15) is 4.39 Å². The molecule has 4 heteroatoms. The van der Waals surface area contributed by atoms with Crippen molar-refractivity contribution in [3.8, 4) is 11.5 Å². The Bertz CT molecular complexity index is 672. The lowest BCUT2D eigenvalue weighted by molar-refractivity contribution is 0.174. The summed E-state index contributed by atoms with van der Waals surface area (Å²) in [6.45, 7) is 0.282. The van der Waals surface area contributed by atoms with E-state index in [1.54, 1.807) is 6.07 Å². The van der Waals surface area contributed by atoms with E-state index < -0.39 is 0 Å². The van der Waals surface area contributed by atoms with Gasteiger partial charge in [0.1, 0.15) is 5.82 Å². The van der Waals surface area contributed by atoms with E-state index in [-0.39, 0.29) is 18.7 Å². The van der Waals surface area contributed by atoms with Crippen LogP contribution in [0.15, 0.2) is 36.4 Å². The molecule has 0 amide bonds. The molecule has 20 heavy (non-hydrogen) atoms. The van der Waals surface area contributed by atoms with Gasteiger partial charge in [-0.25, -0.2) is 4.39 Å². The molecule has 1 atom stereocenters. The van der Waals surface area contributed by atoms with Crippen molar-refractivity contribution in [1.29, 1.82) is 0 Å². The van der Waals surface area contributed by atoms with Crippen LogP contribution in [0.5, 0.6) is 11.5 Å². The summed E-state index contributed by atoms with van der Waals surface area (Å²) in [4.78, 5) is 0. The Hall–Kier alpha value is -2.23. The van der Waals surface area contributed by atoms with Gasteiger partial charge in [0.2, 0.25) is 6.79 Å². The minimum absolute atomic E-state index is 0.160. The molecule has 1 aliphatic carbocycles. The van der Waals surface area contributed by atoms with Gasteiger partial charge in [0.15, 0.2) is 11.5 Å². The van der Waals surface area contributed by atoms with Crippen molar-refractivity contribution >= 4 is 5.69 Å². The molecule has 2 aromatic carbocycles. The molecule has 1 heterocycles. The number of benzene rings is 2. The van der Waals surface area contributed by atoms with E-state index in [0.29, 0.717) is 0 Å². The van der Waals surface area contributed by atoms with Crippen molar-refractivity contribution in [2.45, 2.75) is 18.9 Å². The Kier molecular flexibility index (Phi) is 2.55. The van der Waals surface area contributed by atoms with Crippen molar-refractivity contribution in [2.75, 3.05) is 12.1 Å². The molecule has 102 valence electrons. The Morgan fingerprint density at radius 3 is 2.90 bits per heavy atom. The molecule has 1 aliphatic heterocycles. The number of hydrogen-bond donors (Lipinski definition) is 1. The second kappa shape index (κ2) is 4.40. The van der Waals surface area contributed by atoms with E-state index in [0.717, 1.165) is 35.6 Å². The van der Waals surface area contributed by atoms with Crippen LogP contribution in [0.25, 0.3) is 0 Å². The lowest BCUT2D eigenvalue weighted by Crippen LogP contribution is -2.06. The number of rotatable bonds is 2. The molecule has 0 aromatic heterocycles. The zero-order valence-corrected chi connectivity index (χ0v) is 10.9. The zero-order valence-electron chi connectivity index (χ0n) is 10.9. The van der Waals surface area contributed by atoms with Gasteiger partial charge in [0, 0.05) is 11.8 Å². The third-order valence-electron chi connectivity index (χ3n) is 3.90. The number of nitrogens with one attached hydrogen (secondary N) is 1. The molecule has 2 aliphatic rings. The average Bonchev–Trinajstić information content (AvgIpc) is 3.05. The molecule has 0 saturated carbocycles. The predicted molar refractivity (Wildman–Crippen MR) is 73.6 cm³/mol. The fourth-order valence-electron chi connectivity index (χ4n) is 2.92. The van der Waals surface area contributed by atoms with Crippen molar-refractivity contribution in [2.24, 2.45) is 0 Å². The number of hydrogen-bond acceptors (Lipinski definition) is 3. The van der Waals surface area contributed by atoms with E-state index >= 15 is 0 Å². The SMILES string of the molecule is Fc1ccc2c(c1)CCC2Nc1ccc2c(c1)OCO2. The second-order valence-electron chi connectivity index (χ2n) is 5.15. The average molecular weight is 271 g/mol. The van der Waals surface area contributed by atoms with E-state index in [4.69, 9.17) is 9.47 Å². The van der Waals surface area contributed by atoms with Crippen molar-refractivity contribution in [1.82, 2.24) is 0 Å². The van der Waals surface area contributed by atoms with Gasteiger partial charge in [0.25, 0.3) is 0 Å². The molecular formula is C16H14FNO2. The van der Waals surface area contributed by atoms with Crippen molar-refractivity contribution < 1.29 is 13.9 Å². The highest BCUT2D eigenvalue weighted by molar-refractivity contribution is 5.57. The van der Waals surface area contributed by atoms with Gasteiger partial charge < -0.3 is 14.8 Å². The highest BCUT2D eigenvalue weighted by atomic mass is 19.1. The maximum atomic E-state index is 13.2. The summed E-state index contributed by atoms with van der Waals surface area (Å²) in [7, 11) is 0. The highest BCUT2D eigenvalue weighted by Crippen LogP contribution is 2.38. The van der Waals surface area contributed by atoms with Gasteiger partial charge >= 0.3 is 0 Å². The van der Waals surface area contributed by atoms with Gasteiger partial charge in [-0.3, -0.25) is 0 Å². The molecule has 2 aromatic rings. The molecule has 1 N–H and O–H groups in total. The van der Waals surface area contributed by atoms with Crippen LogP contribution in [0.1, 0.15) is 23.6 Å². The van der Waals surface area contributed by atoms with Crippen LogP contribution in [-0.4, -0.2) is 6.79 Å². The lowest BCUT2D eigenvalue weighted by Gasteiger charge is -2.16. The summed E-state index contributed by atoms with van der Waals surface area (Å²) in [6, 6.07) is 11.1. The molecule has 0 fully saturated rings. The predicted octanol–water partition coefficient (Wildman–Crippen LogP) is 3.65. The third-order valence-corrected chi connectivity index (χ3v) is 3.90. The minimum atomic E-state index is -0.160. The second-order valence-corrected chi connectivity index (χ2v) is 5.15. The summed E-state index contributed by atoms with van der Waals surface area (Å²) in [5, 5.41) is 3.49. The van der Waals surface area contributed by atoms with Crippen LogP contribution in [0, 0.1) is 5.82 Å². The molecule has 0 saturated heterocycles. The number of ether oxygens (including phenoxy) is 2. The topological polar surface area (TPSA) is 30.5 Å². The highest BCUT2D eigenvalue weighted by Gasteiger charge is 2.23. The van der Waals surface area contributed by atoms with Crippen LogP contribution in [0.4, 0.5) is 10.1 Å². The first-order valence-corrected chi connectivity index (χ1v) is 6.74. The number of halogens is 1. The first-order valence-electron chi connectivity index (χ1n) is 6.74. The van der Waals surface area contributed by atoms with Crippen LogP contribution in [0.3, 0.4) is 0 Å². The van der Waals surface area contributed by atoms with E-state index in [2.05, 4.69) is 5.32 Å². The monoisotopic (exact) mass is 271 g/mol. The van der Waals surface area contributed by atoms with Gasteiger partial charge in [0.05, 0.1) is 6.04 Å². The van der Waals surface area contributed by atoms with Crippen LogP contribution in [-0.2, 0) is 6.42 Å². The minimum Gasteiger partial charge on any atom is -0.454 e. The standard InChI is InChI=1S/C16H14FNO2/c17-11-2-4-13-10(7-11)1-5-14(13)18-12-3-6-15-16(8-12)20-9-19-15/h2-4,6-8,14,18H,1,5,9H2. The smallest absolute Gasteiger partial charge is 0.231 e. The lowest BCUT2D eigenvalue weighted by atomic mass is 10.1. The summed E-state index contributed by atoms with van der Waals surface area (Å²) in [6.07, 6.45) is 1.89. The van der Waals surface area contributed by atoms with Crippen LogP contribution in [0.2, 0.25) is 0 Å². The van der Waals surface area contributed by atoms with Gasteiger partial charge in [-0.15, -0.1) is 0 Å². The maximum Gasteiger partial charge on any atom is 0.231 e. The first-order chi connectivity index (χ1) is 9.79. The normalized spacial score (nSPS) is 18.9. The molecule has 0 bridgehead atoms. The quantitative estimate of drug-likeness (QED) is 0.904. The summed E-state index contributed by atoms with van der Waals surface area (Å²) in [5.74, 6) is 1.39. The third kappa shape index (κ3) is 1.88. The molecule has 4 rings (SSSR count). The zero-order chi connectivity index (χ0) is 13.5.